The first-order valence-electron chi connectivity index (χ1n) is 9.66. The van der Waals surface area contributed by atoms with Crippen molar-refractivity contribution >= 4 is 65.9 Å². The number of hydrogen-bond donors (Lipinski definition) is 2. The Balaban J connectivity index is 1.48. The van der Waals surface area contributed by atoms with Crippen molar-refractivity contribution in [2.45, 2.75) is 16.4 Å². The number of halogens is 2. The highest BCUT2D eigenvalue weighted by Gasteiger charge is 2.28. The van der Waals surface area contributed by atoms with E-state index < -0.39 is 37.1 Å². The predicted molar refractivity (Wildman–Crippen MR) is 132 cm³/mol. The first kappa shape index (κ1) is 25.3. The molecule has 0 aliphatic rings. The van der Waals surface area contributed by atoms with Crippen molar-refractivity contribution in [1.29, 1.82) is 0 Å². The summed E-state index contributed by atoms with van der Waals surface area (Å²) < 4.78 is 53.2. The van der Waals surface area contributed by atoms with Gasteiger partial charge in [0.25, 0.3) is 0 Å². The Kier molecular flexibility index (Phi) is 7.24. The highest BCUT2D eigenvalue weighted by molar-refractivity contribution is 7.92. The smallest absolute Gasteiger partial charge is 0.239 e. The van der Waals surface area contributed by atoms with E-state index in [9.17, 15) is 21.6 Å². The predicted octanol–water partition coefficient (Wildman–Crippen LogP) is 3.71. The Hall–Kier alpha value is -2.84. The number of nitrogens with zero attached hydrogens (tertiary/aromatic N) is 3. The molecule has 0 fully saturated rings. The normalized spacial score (nSPS) is 11.9. The fourth-order valence-electron chi connectivity index (χ4n) is 2.96. The van der Waals surface area contributed by atoms with Gasteiger partial charge in [0.15, 0.2) is 9.84 Å². The van der Waals surface area contributed by atoms with Gasteiger partial charge in [-0.2, -0.15) is 5.10 Å². The van der Waals surface area contributed by atoms with Crippen LogP contribution in [0.3, 0.4) is 0 Å². The van der Waals surface area contributed by atoms with Crippen LogP contribution in [0.5, 0.6) is 0 Å². The Labute approximate surface area is 214 Å². The Morgan fingerprint density at radius 2 is 1.46 bits per heavy atom. The number of hydrogen-bond acceptors (Lipinski definition) is 9. The summed E-state index contributed by atoms with van der Waals surface area (Å²) in [7, 11) is -7.88. The maximum Gasteiger partial charge on any atom is 0.239 e. The van der Waals surface area contributed by atoms with Gasteiger partial charge < -0.3 is 0 Å². The molecule has 10 nitrogen and oxygen atoms in total. The number of sulfonamides is 1. The van der Waals surface area contributed by atoms with Gasteiger partial charge in [0, 0.05) is 21.3 Å². The standard InChI is InChI=1S/C20H15Cl2N5O5S3/c21-13-3-1-12(2-4-13)20(28)19-16(9-23-26-19)34(29,30)10-17-24-25-18(33-17)11-35(31,32)27-15-7-5-14(22)6-8-15/h1-9,27H,10-11H2,(H,23,26). The minimum atomic E-state index is -4.06. The molecule has 0 aliphatic carbocycles. The number of anilines is 1. The molecule has 0 saturated carbocycles. The SMILES string of the molecule is O=C(c1ccc(Cl)cc1)c1[nH]ncc1S(=O)(=O)Cc1nnc(CS(=O)(=O)Nc2ccc(Cl)cc2)s1. The number of carbonyl (C=O) groups excluding carboxylic acids is 1. The van der Waals surface area contributed by atoms with E-state index in [1.54, 1.807) is 0 Å². The zero-order chi connectivity index (χ0) is 25.2. The number of sulfone groups is 1. The third kappa shape index (κ3) is 6.24. The van der Waals surface area contributed by atoms with Crippen LogP contribution in [-0.2, 0) is 31.4 Å². The van der Waals surface area contributed by atoms with Gasteiger partial charge in [-0.3, -0.25) is 14.6 Å². The summed E-state index contributed by atoms with van der Waals surface area (Å²) in [6.45, 7) is 0. The van der Waals surface area contributed by atoms with Gasteiger partial charge in [-0.15, -0.1) is 10.2 Å². The van der Waals surface area contributed by atoms with Gasteiger partial charge in [-0.1, -0.05) is 34.5 Å². The lowest BCUT2D eigenvalue weighted by Gasteiger charge is -2.06. The molecule has 2 aromatic heterocycles. The number of nitrogens with one attached hydrogen (secondary N) is 2. The van der Waals surface area contributed by atoms with Crippen LogP contribution in [0, 0.1) is 0 Å². The molecule has 0 radical (unpaired) electrons. The first-order chi connectivity index (χ1) is 16.5. The lowest BCUT2D eigenvalue weighted by atomic mass is 10.1. The van der Waals surface area contributed by atoms with Crippen molar-refractivity contribution < 1.29 is 21.6 Å². The van der Waals surface area contributed by atoms with E-state index in [2.05, 4.69) is 25.1 Å². The van der Waals surface area contributed by atoms with Crippen molar-refractivity contribution in [3.8, 4) is 0 Å². The van der Waals surface area contributed by atoms with E-state index >= 15 is 0 Å². The molecule has 15 heteroatoms. The summed E-state index contributed by atoms with van der Waals surface area (Å²) in [5.41, 5.74) is 0.345. The van der Waals surface area contributed by atoms with Crippen LogP contribution in [0.1, 0.15) is 26.1 Å². The summed E-state index contributed by atoms with van der Waals surface area (Å²) in [6, 6.07) is 12.0. The molecule has 0 atom stereocenters. The van der Waals surface area contributed by atoms with Crippen LogP contribution in [0.25, 0.3) is 0 Å². The molecule has 2 aromatic carbocycles. The second kappa shape index (κ2) is 10.0. The highest BCUT2D eigenvalue weighted by Crippen LogP contribution is 2.24. The molecule has 182 valence electrons. The molecular formula is C20H15Cl2N5O5S3. The lowest BCUT2D eigenvalue weighted by molar-refractivity contribution is 0.103. The minimum absolute atomic E-state index is 0.0628. The van der Waals surface area contributed by atoms with Gasteiger partial charge in [0.2, 0.25) is 15.8 Å². The van der Waals surface area contributed by atoms with E-state index in [-0.39, 0.29) is 26.2 Å². The summed E-state index contributed by atoms with van der Waals surface area (Å²) >= 11 is 12.5. The molecule has 0 aliphatic heterocycles. The van der Waals surface area contributed by atoms with Gasteiger partial charge >= 0.3 is 0 Å². The second-order valence-corrected chi connectivity index (χ2v) is 12.9. The Morgan fingerprint density at radius 1 is 0.886 bits per heavy atom. The van der Waals surface area contributed by atoms with Gasteiger partial charge in [-0.25, -0.2) is 16.8 Å². The summed E-state index contributed by atoms with van der Waals surface area (Å²) in [6.07, 6.45) is 1.04. The molecule has 0 unspecified atom stereocenters. The molecule has 4 rings (SSSR count). The summed E-state index contributed by atoms with van der Waals surface area (Å²) in [5.74, 6) is -1.66. The van der Waals surface area contributed by atoms with Gasteiger partial charge in [0.1, 0.15) is 32.1 Å². The van der Waals surface area contributed by atoms with E-state index in [0.29, 0.717) is 15.7 Å². The fourth-order valence-corrected chi connectivity index (χ4v) is 7.20. The molecule has 0 spiro atoms. The summed E-state index contributed by atoms with van der Waals surface area (Å²) in [4.78, 5) is 12.5. The van der Waals surface area contributed by atoms with E-state index in [0.717, 1.165) is 17.5 Å². The highest BCUT2D eigenvalue weighted by atomic mass is 35.5. The molecule has 0 saturated heterocycles. The number of benzene rings is 2. The third-order valence-corrected chi connectivity index (χ3v) is 9.15. The lowest BCUT2D eigenvalue weighted by Crippen LogP contribution is -2.14. The second-order valence-electron chi connectivity index (χ2n) is 7.16. The van der Waals surface area contributed by atoms with Crippen LogP contribution < -0.4 is 4.72 Å². The van der Waals surface area contributed by atoms with E-state index in [1.165, 1.54) is 48.5 Å². The molecular weight excluding hydrogens is 557 g/mol. The average molecular weight is 572 g/mol. The zero-order valence-electron chi connectivity index (χ0n) is 17.5. The Morgan fingerprint density at radius 3 is 2.09 bits per heavy atom. The number of H-pyrrole nitrogens is 1. The van der Waals surface area contributed by atoms with Gasteiger partial charge in [-0.05, 0) is 48.5 Å². The number of ketones is 1. The molecule has 2 heterocycles. The van der Waals surface area contributed by atoms with Crippen molar-refractivity contribution in [1.82, 2.24) is 20.4 Å². The van der Waals surface area contributed by atoms with Crippen molar-refractivity contribution in [3.63, 3.8) is 0 Å². The maximum absolute atomic E-state index is 13.0. The van der Waals surface area contributed by atoms with Crippen LogP contribution in [0.2, 0.25) is 10.0 Å². The van der Waals surface area contributed by atoms with Crippen LogP contribution in [-0.4, -0.2) is 43.0 Å². The quantitative estimate of drug-likeness (QED) is 0.288. The first-order valence-corrected chi connectivity index (χ1v) is 14.5. The van der Waals surface area contributed by atoms with Crippen molar-refractivity contribution in [2.75, 3.05) is 4.72 Å². The number of carbonyl (C=O) groups is 1. The van der Waals surface area contributed by atoms with Crippen molar-refractivity contribution in [3.05, 3.63) is 86.0 Å². The topological polar surface area (TPSA) is 152 Å². The molecule has 4 aromatic rings. The molecule has 2 N–H and O–H groups in total. The summed E-state index contributed by atoms with van der Waals surface area (Å²) in [5, 5.41) is 14.8. The monoisotopic (exact) mass is 571 g/mol. The largest absolute Gasteiger partial charge is 0.287 e. The van der Waals surface area contributed by atoms with E-state index in [4.69, 9.17) is 23.2 Å². The number of aromatic nitrogens is 4. The van der Waals surface area contributed by atoms with E-state index in [1.807, 2.05) is 0 Å². The number of aromatic amines is 1. The fraction of sp³-hybridized carbons (Fsp3) is 0.100. The molecule has 35 heavy (non-hydrogen) atoms. The van der Waals surface area contributed by atoms with Crippen LogP contribution in [0.15, 0.2) is 59.6 Å². The average Bonchev–Trinajstić information content (AvgIpc) is 3.45. The van der Waals surface area contributed by atoms with Crippen LogP contribution in [0.4, 0.5) is 5.69 Å². The molecule has 0 amide bonds. The van der Waals surface area contributed by atoms with Gasteiger partial charge in [0.05, 0.1) is 6.20 Å². The number of rotatable bonds is 9. The van der Waals surface area contributed by atoms with Crippen LogP contribution >= 0.6 is 34.5 Å². The zero-order valence-corrected chi connectivity index (χ0v) is 21.4. The van der Waals surface area contributed by atoms with Crippen molar-refractivity contribution in [2.24, 2.45) is 0 Å². The third-order valence-electron chi connectivity index (χ3n) is 4.53. The minimum Gasteiger partial charge on any atom is -0.287 e. The Bertz CT molecular complexity index is 1580. The molecule has 0 bridgehead atoms. The maximum atomic E-state index is 13.0.